The molecule has 0 bridgehead atoms. The minimum atomic E-state index is -0.985. The first kappa shape index (κ1) is 11.4. The summed E-state index contributed by atoms with van der Waals surface area (Å²) in [4.78, 5) is 12.2. The lowest BCUT2D eigenvalue weighted by Gasteiger charge is -2.27. The fourth-order valence-electron chi connectivity index (χ4n) is 1.04. The van der Waals surface area contributed by atoms with Crippen LogP contribution in [0.3, 0.4) is 0 Å². The monoisotopic (exact) mass is 175 g/mol. The van der Waals surface area contributed by atoms with Crippen molar-refractivity contribution in [3.63, 3.8) is 0 Å². The summed E-state index contributed by atoms with van der Waals surface area (Å²) in [6, 6.07) is -0.815. The lowest BCUT2D eigenvalue weighted by molar-refractivity contribution is -0.147. The van der Waals surface area contributed by atoms with Gasteiger partial charge in [-0.05, 0) is 20.0 Å². The Balaban J connectivity index is 4.40. The molecule has 2 atom stereocenters. The summed E-state index contributed by atoms with van der Waals surface area (Å²) >= 11 is 0. The maximum Gasteiger partial charge on any atom is 0.323 e. The first-order chi connectivity index (χ1) is 5.37. The van der Waals surface area contributed by atoms with Crippen LogP contribution in [0, 0.1) is 5.92 Å². The van der Waals surface area contributed by atoms with Crippen LogP contribution in [0.2, 0.25) is 0 Å². The van der Waals surface area contributed by atoms with E-state index in [2.05, 4.69) is 0 Å². The van der Waals surface area contributed by atoms with E-state index in [9.17, 15) is 9.90 Å². The van der Waals surface area contributed by atoms with Crippen LogP contribution >= 0.6 is 0 Å². The number of rotatable bonds is 4. The van der Waals surface area contributed by atoms with Gasteiger partial charge in [-0.3, -0.25) is 9.69 Å². The molecule has 0 amide bonds. The number of aliphatic hydroxyl groups is 1. The number of carbonyl (C=O) groups is 1. The summed E-state index contributed by atoms with van der Waals surface area (Å²) < 4.78 is 0. The summed E-state index contributed by atoms with van der Waals surface area (Å²) in [5.74, 6) is -1.03. The van der Waals surface area contributed by atoms with Crippen molar-refractivity contribution >= 4 is 5.97 Å². The van der Waals surface area contributed by atoms with Gasteiger partial charge in [0.05, 0.1) is 6.10 Å². The molecule has 0 aliphatic rings. The normalized spacial score (nSPS) is 16.6. The summed E-state index contributed by atoms with van der Waals surface area (Å²) in [5, 5.41) is 18.3. The van der Waals surface area contributed by atoms with Gasteiger partial charge in [0, 0.05) is 0 Å². The van der Waals surface area contributed by atoms with Crippen molar-refractivity contribution in [2.75, 3.05) is 14.1 Å². The lowest BCUT2D eigenvalue weighted by atomic mass is 9.99. The summed E-state index contributed by atoms with van der Waals surface area (Å²) in [6.07, 6.45) is -0.822. The predicted molar refractivity (Wildman–Crippen MR) is 46.0 cm³/mol. The average Bonchev–Trinajstić information content (AvgIpc) is 1.85. The van der Waals surface area contributed by atoms with Crippen LogP contribution in [0.1, 0.15) is 13.8 Å². The van der Waals surface area contributed by atoms with E-state index in [1.807, 2.05) is 0 Å². The molecule has 0 saturated heterocycles. The van der Waals surface area contributed by atoms with Crippen LogP contribution in [0.25, 0.3) is 0 Å². The number of hydrogen-bond acceptors (Lipinski definition) is 3. The third-order valence-electron chi connectivity index (χ3n) is 1.82. The Morgan fingerprint density at radius 3 is 1.83 bits per heavy atom. The Kier molecular flexibility index (Phi) is 4.20. The number of hydrogen-bond donors (Lipinski definition) is 2. The van der Waals surface area contributed by atoms with E-state index in [0.29, 0.717) is 0 Å². The van der Waals surface area contributed by atoms with Gasteiger partial charge < -0.3 is 10.2 Å². The third-order valence-corrected chi connectivity index (χ3v) is 1.82. The van der Waals surface area contributed by atoms with Gasteiger partial charge in [0.25, 0.3) is 0 Å². The van der Waals surface area contributed by atoms with E-state index in [4.69, 9.17) is 5.11 Å². The maximum atomic E-state index is 10.7. The molecule has 0 aromatic carbocycles. The van der Waals surface area contributed by atoms with Crippen molar-refractivity contribution in [1.29, 1.82) is 0 Å². The van der Waals surface area contributed by atoms with Crippen LogP contribution in [0.5, 0.6) is 0 Å². The van der Waals surface area contributed by atoms with E-state index >= 15 is 0 Å². The predicted octanol–water partition coefficient (Wildman–Crippen LogP) is 0.0181. The second kappa shape index (κ2) is 4.42. The van der Waals surface area contributed by atoms with Crippen LogP contribution < -0.4 is 0 Å². The van der Waals surface area contributed by atoms with Crippen molar-refractivity contribution in [2.24, 2.45) is 5.92 Å². The standard InChI is InChI=1S/C8H17NO3/c1-5(2)7(10)6(8(11)12)9(3)4/h5-7,10H,1-4H3,(H,11,12)/t6-,7+/m0/s1. The molecule has 12 heavy (non-hydrogen) atoms. The molecule has 2 N–H and O–H groups in total. The third kappa shape index (κ3) is 2.79. The summed E-state index contributed by atoms with van der Waals surface area (Å²) in [6.45, 7) is 3.59. The molecule has 0 rings (SSSR count). The highest BCUT2D eigenvalue weighted by molar-refractivity contribution is 5.74. The van der Waals surface area contributed by atoms with E-state index in [-0.39, 0.29) is 5.92 Å². The van der Waals surface area contributed by atoms with Crippen LogP contribution in [0.15, 0.2) is 0 Å². The molecule has 4 heteroatoms. The molecular formula is C8H17NO3. The minimum absolute atomic E-state index is 0.0477. The molecule has 0 heterocycles. The number of carboxylic acids is 1. The fraction of sp³-hybridized carbons (Fsp3) is 0.875. The average molecular weight is 175 g/mol. The van der Waals surface area contributed by atoms with Gasteiger partial charge in [0.1, 0.15) is 6.04 Å². The Hall–Kier alpha value is -0.610. The quantitative estimate of drug-likeness (QED) is 0.632. The highest BCUT2D eigenvalue weighted by Crippen LogP contribution is 2.10. The topological polar surface area (TPSA) is 60.8 Å². The number of likely N-dealkylation sites (N-methyl/N-ethyl adjacent to an activating group) is 1. The SMILES string of the molecule is CC(C)[C@@H](O)[C@@H](C(=O)O)N(C)C. The van der Waals surface area contributed by atoms with Gasteiger partial charge >= 0.3 is 5.97 Å². The van der Waals surface area contributed by atoms with Crippen LogP contribution in [0.4, 0.5) is 0 Å². The summed E-state index contributed by atoms with van der Waals surface area (Å²) in [7, 11) is 3.29. The summed E-state index contributed by atoms with van der Waals surface area (Å²) in [5.41, 5.74) is 0. The van der Waals surface area contributed by atoms with E-state index in [1.54, 1.807) is 27.9 Å². The second-order valence-corrected chi connectivity index (χ2v) is 3.48. The zero-order valence-corrected chi connectivity index (χ0v) is 7.98. The largest absolute Gasteiger partial charge is 0.480 e. The Morgan fingerprint density at radius 1 is 1.33 bits per heavy atom. The van der Waals surface area contributed by atoms with Crippen LogP contribution in [-0.4, -0.2) is 47.3 Å². The van der Waals surface area contributed by atoms with Crippen molar-refractivity contribution in [3.8, 4) is 0 Å². The van der Waals surface area contributed by atoms with Gasteiger partial charge in [-0.15, -0.1) is 0 Å². The molecule has 4 nitrogen and oxygen atoms in total. The number of nitrogens with zero attached hydrogens (tertiary/aromatic N) is 1. The highest BCUT2D eigenvalue weighted by Gasteiger charge is 2.30. The number of carboxylic acid groups (broad SMARTS) is 1. The molecule has 0 saturated carbocycles. The zero-order chi connectivity index (χ0) is 9.89. The molecular weight excluding hydrogens is 158 g/mol. The van der Waals surface area contributed by atoms with Crippen molar-refractivity contribution in [1.82, 2.24) is 4.90 Å². The fourth-order valence-corrected chi connectivity index (χ4v) is 1.04. The number of aliphatic carboxylic acids is 1. The molecule has 0 aliphatic carbocycles. The van der Waals surface area contributed by atoms with E-state index < -0.39 is 18.1 Å². The highest BCUT2D eigenvalue weighted by atomic mass is 16.4. The Labute approximate surface area is 72.8 Å². The Bertz CT molecular complexity index is 156. The van der Waals surface area contributed by atoms with Crippen molar-refractivity contribution in [2.45, 2.75) is 26.0 Å². The zero-order valence-electron chi connectivity index (χ0n) is 7.98. The molecule has 0 spiro atoms. The Morgan fingerprint density at radius 2 is 1.75 bits per heavy atom. The van der Waals surface area contributed by atoms with Gasteiger partial charge in [0.2, 0.25) is 0 Å². The van der Waals surface area contributed by atoms with Gasteiger partial charge in [-0.2, -0.15) is 0 Å². The number of aliphatic hydroxyl groups excluding tert-OH is 1. The lowest BCUT2D eigenvalue weighted by Crippen LogP contribution is -2.47. The van der Waals surface area contributed by atoms with Gasteiger partial charge in [0.15, 0.2) is 0 Å². The minimum Gasteiger partial charge on any atom is -0.480 e. The smallest absolute Gasteiger partial charge is 0.323 e. The van der Waals surface area contributed by atoms with Crippen molar-refractivity contribution < 1.29 is 15.0 Å². The molecule has 0 aromatic heterocycles. The van der Waals surface area contributed by atoms with Gasteiger partial charge in [-0.25, -0.2) is 0 Å². The molecule has 0 unspecified atom stereocenters. The molecule has 0 aliphatic heterocycles. The molecule has 0 aromatic rings. The molecule has 0 radical (unpaired) electrons. The first-order valence-corrected chi connectivity index (χ1v) is 3.95. The molecule has 0 fully saturated rings. The first-order valence-electron chi connectivity index (χ1n) is 3.95. The maximum absolute atomic E-state index is 10.7. The van der Waals surface area contributed by atoms with Crippen LogP contribution in [-0.2, 0) is 4.79 Å². The van der Waals surface area contributed by atoms with Crippen molar-refractivity contribution in [3.05, 3.63) is 0 Å². The van der Waals surface area contributed by atoms with E-state index in [0.717, 1.165) is 0 Å². The van der Waals surface area contributed by atoms with E-state index in [1.165, 1.54) is 4.90 Å². The molecule has 72 valence electrons. The second-order valence-electron chi connectivity index (χ2n) is 3.48. The van der Waals surface area contributed by atoms with Gasteiger partial charge in [-0.1, -0.05) is 13.8 Å².